The molecule has 0 aliphatic rings. The Morgan fingerprint density at radius 1 is 1.22 bits per heavy atom. The third-order valence-corrected chi connectivity index (χ3v) is 5.67. The number of rotatable bonds is 10. The minimum atomic E-state index is -1.05. The Labute approximate surface area is 191 Å². The van der Waals surface area contributed by atoms with E-state index in [4.69, 9.17) is 14.8 Å². The Hall–Kier alpha value is -3.65. The lowest BCUT2D eigenvalue weighted by Crippen LogP contribution is -2.31. The molecule has 1 amide bonds. The zero-order valence-corrected chi connectivity index (χ0v) is 18.8. The van der Waals surface area contributed by atoms with Crippen LogP contribution in [0.15, 0.2) is 66.6 Å². The van der Waals surface area contributed by atoms with Gasteiger partial charge in [-0.15, -0.1) is 17.9 Å². The van der Waals surface area contributed by atoms with E-state index in [1.165, 1.54) is 11.9 Å². The summed E-state index contributed by atoms with van der Waals surface area (Å²) >= 11 is 1.55. The summed E-state index contributed by atoms with van der Waals surface area (Å²) in [6, 6.07) is 14.9. The normalized spacial score (nSPS) is 10.4. The second kappa shape index (κ2) is 10.6. The summed E-state index contributed by atoms with van der Waals surface area (Å²) in [6.45, 7) is 4.73. The van der Waals surface area contributed by atoms with Crippen molar-refractivity contribution in [2.24, 2.45) is 0 Å². The van der Waals surface area contributed by atoms with E-state index in [1.54, 1.807) is 30.6 Å². The number of nitrogens with zero attached hydrogens (tertiary/aromatic N) is 3. The van der Waals surface area contributed by atoms with Crippen molar-refractivity contribution in [3.63, 3.8) is 0 Å². The number of aromatic nitrogens is 1. The number of methoxy groups -OCH3 is 1. The van der Waals surface area contributed by atoms with E-state index < -0.39 is 5.97 Å². The van der Waals surface area contributed by atoms with Gasteiger partial charge in [-0.25, -0.2) is 4.98 Å². The molecule has 0 aliphatic carbocycles. The first-order chi connectivity index (χ1) is 15.4. The lowest BCUT2D eigenvalue weighted by Gasteiger charge is -2.20. The number of carbonyl (C=O) groups is 2. The summed E-state index contributed by atoms with van der Waals surface area (Å²) in [5.41, 5.74) is 3.31. The standard InChI is InChI=1S/C24H25N3O4S/c1-4-12-27(24-25-21(16-32-24)19-6-5-7-20(13-19)31-3)14-17-8-10-18(11-9-17)23(30)26(2)15-22(28)29/h4-11,13,16H,1,12,14-15H2,2-3H3,(H,28,29). The van der Waals surface area contributed by atoms with Gasteiger partial charge in [-0.05, 0) is 29.8 Å². The van der Waals surface area contributed by atoms with Crippen molar-refractivity contribution in [1.82, 2.24) is 9.88 Å². The van der Waals surface area contributed by atoms with Crippen molar-refractivity contribution in [3.8, 4) is 17.0 Å². The number of anilines is 1. The fourth-order valence-electron chi connectivity index (χ4n) is 3.16. The maximum absolute atomic E-state index is 12.3. The van der Waals surface area contributed by atoms with Gasteiger partial charge in [-0.3, -0.25) is 9.59 Å². The molecule has 32 heavy (non-hydrogen) atoms. The minimum absolute atomic E-state index is 0.329. The maximum Gasteiger partial charge on any atom is 0.323 e. The highest BCUT2D eigenvalue weighted by atomic mass is 32.1. The van der Waals surface area contributed by atoms with Crippen LogP contribution < -0.4 is 9.64 Å². The maximum atomic E-state index is 12.3. The molecule has 0 unspecified atom stereocenters. The number of amides is 1. The molecular formula is C24H25N3O4S. The molecule has 166 valence electrons. The van der Waals surface area contributed by atoms with Gasteiger partial charge in [-0.2, -0.15) is 0 Å². The Balaban J connectivity index is 1.74. The smallest absolute Gasteiger partial charge is 0.323 e. The first-order valence-corrected chi connectivity index (χ1v) is 10.8. The van der Waals surface area contributed by atoms with E-state index in [9.17, 15) is 9.59 Å². The number of carboxylic acid groups (broad SMARTS) is 1. The first kappa shape index (κ1) is 23.0. The number of hydrogen-bond acceptors (Lipinski definition) is 6. The molecule has 1 aromatic heterocycles. The van der Waals surface area contributed by atoms with E-state index in [0.717, 1.165) is 27.7 Å². The lowest BCUT2D eigenvalue weighted by atomic mass is 10.1. The molecule has 0 spiro atoms. The average Bonchev–Trinajstić information content (AvgIpc) is 3.29. The van der Waals surface area contributed by atoms with Gasteiger partial charge in [0.2, 0.25) is 0 Å². The number of benzene rings is 2. The van der Waals surface area contributed by atoms with Crippen LogP contribution in [-0.4, -0.2) is 54.1 Å². The average molecular weight is 452 g/mol. The van der Waals surface area contributed by atoms with Crippen molar-refractivity contribution in [1.29, 1.82) is 0 Å². The van der Waals surface area contributed by atoms with Gasteiger partial charge in [0, 0.05) is 36.6 Å². The molecule has 3 aromatic rings. The first-order valence-electron chi connectivity index (χ1n) is 9.93. The van der Waals surface area contributed by atoms with Gasteiger partial charge in [0.25, 0.3) is 5.91 Å². The van der Waals surface area contributed by atoms with E-state index in [-0.39, 0.29) is 12.5 Å². The van der Waals surface area contributed by atoms with Crippen LogP contribution in [0, 0.1) is 0 Å². The van der Waals surface area contributed by atoms with E-state index in [1.807, 2.05) is 47.9 Å². The van der Waals surface area contributed by atoms with E-state index in [2.05, 4.69) is 11.5 Å². The molecule has 1 N–H and O–H groups in total. The number of carbonyl (C=O) groups excluding carboxylic acids is 1. The van der Waals surface area contributed by atoms with Crippen molar-refractivity contribution >= 4 is 28.3 Å². The van der Waals surface area contributed by atoms with Gasteiger partial charge < -0.3 is 19.6 Å². The van der Waals surface area contributed by atoms with Crippen LogP contribution in [0.25, 0.3) is 11.3 Å². The summed E-state index contributed by atoms with van der Waals surface area (Å²) < 4.78 is 5.30. The summed E-state index contributed by atoms with van der Waals surface area (Å²) in [4.78, 5) is 31.2. The van der Waals surface area contributed by atoms with Gasteiger partial charge in [0.1, 0.15) is 12.3 Å². The molecular weight excluding hydrogens is 426 g/mol. The van der Waals surface area contributed by atoms with Crippen LogP contribution in [0.2, 0.25) is 0 Å². The zero-order valence-electron chi connectivity index (χ0n) is 18.0. The molecule has 7 nitrogen and oxygen atoms in total. The number of carboxylic acids is 1. The Kier molecular flexibility index (Phi) is 7.62. The van der Waals surface area contributed by atoms with Crippen LogP contribution in [-0.2, 0) is 11.3 Å². The fourth-order valence-corrected chi connectivity index (χ4v) is 4.00. The molecule has 0 atom stereocenters. The van der Waals surface area contributed by atoms with Crippen molar-refractivity contribution in [2.45, 2.75) is 6.54 Å². The third kappa shape index (κ3) is 5.73. The van der Waals surface area contributed by atoms with Crippen LogP contribution in [0.4, 0.5) is 5.13 Å². The second-order valence-electron chi connectivity index (χ2n) is 7.17. The highest BCUT2D eigenvalue weighted by molar-refractivity contribution is 7.14. The van der Waals surface area contributed by atoms with Gasteiger partial charge in [0.15, 0.2) is 5.13 Å². The molecule has 1 heterocycles. The molecule has 0 aliphatic heterocycles. The summed E-state index contributed by atoms with van der Waals surface area (Å²) in [5, 5.41) is 11.7. The number of thiazole rings is 1. The Morgan fingerprint density at radius 2 is 1.97 bits per heavy atom. The van der Waals surface area contributed by atoms with Crippen LogP contribution in [0.3, 0.4) is 0 Å². The highest BCUT2D eigenvalue weighted by Crippen LogP contribution is 2.30. The predicted molar refractivity (Wildman–Crippen MR) is 126 cm³/mol. The number of ether oxygens (including phenoxy) is 1. The Bertz CT molecular complexity index is 1090. The molecule has 8 heteroatoms. The zero-order chi connectivity index (χ0) is 23.1. The highest BCUT2D eigenvalue weighted by Gasteiger charge is 2.16. The minimum Gasteiger partial charge on any atom is -0.497 e. The van der Waals surface area contributed by atoms with Crippen molar-refractivity contribution in [2.75, 3.05) is 32.1 Å². The lowest BCUT2D eigenvalue weighted by molar-refractivity contribution is -0.137. The number of hydrogen-bond donors (Lipinski definition) is 1. The van der Waals surface area contributed by atoms with Crippen LogP contribution in [0.1, 0.15) is 15.9 Å². The molecule has 0 fully saturated rings. The van der Waals surface area contributed by atoms with Gasteiger partial charge in [-0.1, -0.05) is 30.3 Å². The molecule has 0 bridgehead atoms. The second-order valence-corrected chi connectivity index (χ2v) is 8.00. The predicted octanol–water partition coefficient (Wildman–Crippen LogP) is 4.17. The summed E-state index contributed by atoms with van der Waals surface area (Å²) in [6.07, 6.45) is 1.82. The molecule has 0 saturated carbocycles. The van der Waals surface area contributed by atoms with Crippen molar-refractivity contribution in [3.05, 3.63) is 77.7 Å². The quantitative estimate of drug-likeness (QED) is 0.466. The SMILES string of the molecule is C=CCN(Cc1ccc(C(=O)N(C)CC(=O)O)cc1)c1nc(-c2cccc(OC)c2)cs1. The third-order valence-electron chi connectivity index (χ3n) is 4.77. The van der Waals surface area contributed by atoms with Gasteiger partial charge in [0.05, 0.1) is 12.8 Å². The van der Waals surface area contributed by atoms with Crippen LogP contribution >= 0.6 is 11.3 Å². The Morgan fingerprint density at radius 3 is 2.62 bits per heavy atom. The van der Waals surface area contributed by atoms with Gasteiger partial charge >= 0.3 is 5.97 Å². The van der Waals surface area contributed by atoms with Crippen LogP contribution in [0.5, 0.6) is 5.75 Å². The number of likely N-dealkylation sites (N-methyl/N-ethyl adjacent to an activating group) is 1. The van der Waals surface area contributed by atoms with E-state index >= 15 is 0 Å². The van der Waals surface area contributed by atoms with E-state index in [0.29, 0.717) is 18.7 Å². The summed E-state index contributed by atoms with van der Waals surface area (Å²) in [5.74, 6) is -0.595. The topological polar surface area (TPSA) is 83.0 Å². The molecule has 0 saturated heterocycles. The molecule has 0 radical (unpaired) electrons. The van der Waals surface area contributed by atoms with Crippen molar-refractivity contribution < 1.29 is 19.4 Å². The molecule has 2 aromatic carbocycles. The summed E-state index contributed by atoms with van der Waals surface area (Å²) in [7, 11) is 3.11. The molecule has 3 rings (SSSR count). The largest absolute Gasteiger partial charge is 0.497 e. The fraction of sp³-hybridized carbons (Fsp3) is 0.208. The number of aliphatic carboxylic acids is 1. The monoisotopic (exact) mass is 451 g/mol.